The largest absolute Gasteiger partial charge is 0.461 e. The fraction of sp³-hybridized carbons (Fsp3) is 0.391. The molecule has 2 aliphatic heterocycles. The number of benzene rings is 1. The third-order valence-electron chi connectivity index (χ3n) is 5.78. The van der Waals surface area contributed by atoms with Gasteiger partial charge in [-0.15, -0.1) is 0 Å². The highest BCUT2D eigenvalue weighted by Crippen LogP contribution is 2.37. The molecule has 0 radical (unpaired) electrons. The molecule has 6 nitrogen and oxygen atoms in total. The first-order valence-electron chi connectivity index (χ1n) is 10.1. The Morgan fingerprint density at radius 2 is 1.93 bits per heavy atom. The highest BCUT2D eigenvalue weighted by molar-refractivity contribution is 5.46. The minimum Gasteiger partial charge on any atom is -0.461 e. The second-order valence-corrected chi connectivity index (χ2v) is 8.38. The van der Waals surface area contributed by atoms with E-state index in [-0.39, 0.29) is 5.41 Å². The van der Waals surface area contributed by atoms with Crippen molar-refractivity contribution < 1.29 is 13.9 Å². The van der Waals surface area contributed by atoms with Gasteiger partial charge in [0, 0.05) is 31.0 Å². The maximum Gasteiger partial charge on any atom is 0.231 e. The molecule has 0 bridgehead atoms. The Morgan fingerprint density at radius 3 is 2.76 bits per heavy atom. The average molecular weight is 391 g/mol. The molecule has 5 rings (SSSR count). The molecule has 1 aromatic carbocycles. The molecule has 0 amide bonds. The molecule has 0 unspecified atom stereocenters. The Bertz CT molecular complexity index is 972. The predicted molar refractivity (Wildman–Crippen MR) is 109 cm³/mol. The molecule has 0 spiro atoms. The summed E-state index contributed by atoms with van der Waals surface area (Å²) in [6.45, 7) is 5.75. The van der Waals surface area contributed by atoms with Crippen LogP contribution >= 0.6 is 0 Å². The molecular weight excluding hydrogens is 366 g/mol. The lowest BCUT2D eigenvalue weighted by atomic mass is 9.77. The lowest BCUT2D eigenvalue weighted by Gasteiger charge is -2.40. The lowest BCUT2D eigenvalue weighted by Crippen LogP contribution is -2.42. The number of piperidine rings is 1. The number of hydrogen-bond donors (Lipinski definition) is 0. The zero-order valence-corrected chi connectivity index (χ0v) is 16.6. The van der Waals surface area contributed by atoms with E-state index in [9.17, 15) is 0 Å². The number of furan rings is 1. The monoisotopic (exact) mass is 391 g/mol. The van der Waals surface area contributed by atoms with Gasteiger partial charge in [0.2, 0.25) is 6.79 Å². The van der Waals surface area contributed by atoms with Crippen LogP contribution in [0.1, 0.15) is 30.9 Å². The van der Waals surface area contributed by atoms with E-state index < -0.39 is 0 Å². The Morgan fingerprint density at radius 1 is 1.07 bits per heavy atom. The molecule has 0 N–H and O–H groups in total. The van der Waals surface area contributed by atoms with E-state index in [1.54, 1.807) is 6.26 Å². The third kappa shape index (κ3) is 3.98. The highest BCUT2D eigenvalue weighted by Gasteiger charge is 2.31. The molecule has 29 heavy (non-hydrogen) atoms. The number of ether oxygens (including phenoxy) is 2. The summed E-state index contributed by atoms with van der Waals surface area (Å²) in [5.74, 6) is 3.05. The van der Waals surface area contributed by atoms with Crippen LogP contribution in [-0.2, 0) is 13.0 Å². The molecule has 6 heteroatoms. The van der Waals surface area contributed by atoms with Crippen molar-refractivity contribution in [3.8, 4) is 23.1 Å². The molecule has 2 aliphatic rings. The van der Waals surface area contributed by atoms with Crippen molar-refractivity contribution in [2.24, 2.45) is 5.41 Å². The SMILES string of the molecule is C[C@@]1(Cc2ccc3c(c2)OCO3)CCCN(Cc2cnc(-c3ccco3)nc2)C1. The highest BCUT2D eigenvalue weighted by atomic mass is 16.7. The molecule has 0 saturated carbocycles. The van der Waals surface area contributed by atoms with Crippen molar-refractivity contribution in [2.45, 2.75) is 32.7 Å². The Balaban J connectivity index is 1.24. The smallest absolute Gasteiger partial charge is 0.231 e. The van der Waals surface area contributed by atoms with Crippen LogP contribution in [0.3, 0.4) is 0 Å². The molecule has 1 atom stereocenters. The molecule has 1 fully saturated rings. The maximum absolute atomic E-state index is 5.54. The minimum absolute atomic E-state index is 0.237. The fourth-order valence-corrected chi connectivity index (χ4v) is 4.48. The van der Waals surface area contributed by atoms with Crippen molar-refractivity contribution in [1.82, 2.24) is 14.9 Å². The van der Waals surface area contributed by atoms with Gasteiger partial charge in [-0.1, -0.05) is 13.0 Å². The Kier molecular flexibility index (Phi) is 4.72. The summed E-state index contributed by atoms with van der Waals surface area (Å²) in [6, 6.07) is 10.1. The quantitative estimate of drug-likeness (QED) is 0.646. The van der Waals surface area contributed by atoms with Gasteiger partial charge >= 0.3 is 0 Å². The Labute approximate surface area is 170 Å². The van der Waals surface area contributed by atoms with E-state index in [1.165, 1.54) is 18.4 Å². The van der Waals surface area contributed by atoms with Crippen LogP contribution in [-0.4, -0.2) is 34.8 Å². The van der Waals surface area contributed by atoms with Crippen LogP contribution in [0, 0.1) is 5.41 Å². The first-order valence-corrected chi connectivity index (χ1v) is 10.1. The van der Waals surface area contributed by atoms with E-state index in [1.807, 2.05) is 30.6 Å². The van der Waals surface area contributed by atoms with Gasteiger partial charge < -0.3 is 13.9 Å². The van der Waals surface area contributed by atoms with Crippen LogP contribution in [0.4, 0.5) is 0 Å². The van der Waals surface area contributed by atoms with Gasteiger partial charge in [0.25, 0.3) is 0 Å². The zero-order chi connectivity index (χ0) is 19.7. The summed E-state index contributed by atoms with van der Waals surface area (Å²) in [5.41, 5.74) is 2.68. The van der Waals surface area contributed by atoms with Gasteiger partial charge in [-0.2, -0.15) is 0 Å². The van der Waals surface area contributed by atoms with Crippen LogP contribution in [0.15, 0.2) is 53.4 Å². The Hall–Kier alpha value is -2.86. The van der Waals surface area contributed by atoms with Crippen LogP contribution in [0.2, 0.25) is 0 Å². The fourth-order valence-electron chi connectivity index (χ4n) is 4.48. The first-order chi connectivity index (χ1) is 14.2. The summed E-state index contributed by atoms with van der Waals surface area (Å²) >= 11 is 0. The number of nitrogens with zero attached hydrogens (tertiary/aromatic N) is 3. The average Bonchev–Trinajstić information content (AvgIpc) is 3.40. The molecule has 4 heterocycles. The molecule has 0 aliphatic carbocycles. The summed E-state index contributed by atoms with van der Waals surface area (Å²) in [4.78, 5) is 11.4. The van der Waals surface area contributed by atoms with Gasteiger partial charge in [0.05, 0.1) is 6.26 Å². The van der Waals surface area contributed by atoms with Crippen molar-refractivity contribution in [2.75, 3.05) is 19.9 Å². The summed E-state index contributed by atoms with van der Waals surface area (Å²) in [6.07, 6.45) is 8.93. The first kappa shape index (κ1) is 18.2. The van der Waals surface area contributed by atoms with Crippen molar-refractivity contribution in [3.63, 3.8) is 0 Å². The predicted octanol–water partition coefficient (Wildman–Crippen LogP) is 4.31. The van der Waals surface area contributed by atoms with Crippen molar-refractivity contribution in [3.05, 3.63) is 60.1 Å². The minimum atomic E-state index is 0.237. The number of rotatable bonds is 5. The second kappa shape index (κ2) is 7.52. The van der Waals surface area contributed by atoms with E-state index >= 15 is 0 Å². The maximum atomic E-state index is 5.54. The summed E-state index contributed by atoms with van der Waals surface area (Å²) in [7, 11) is 0. The number of aromatic nitrogens is 2. The normalized spacial score (nSPS) is 21.4. The van der Waals surface area contributed by atoms with Crippen molar-refractivity contribution >= 4 is 0 Å². The lowest BCUT2D eigenvalue weighted by molar-refractivity contribution is 0.0968. The van der Waals surface area contributed by atoms with Gasteiger partial charge in [-0.05, 0) is 61.1 Å². The number of hydrogen-bond acceptors (Lipinski definition) is 6. The number of likely N-dealkylation sites (tertiary alicyclic amines) is 1. The van der Waals surface area contributed by atoms with Gasteiger partial charge in [-0.3, -0.25) is 4.90 Å². The zero-order valence-electron chi connectivity index (χ0n) is 16.6. The van der Waals surface area contributed by atoms with Crippen LogP contribution < -0.4 is 9.47 Å². The topological polar surface area (TPSA) is 60.6 Å². The molecular formula is C23H25N3O3. The summed E-state index contributed by atoms with van der Waals surface area (Å²) in [5, 5.41) is 0. The van der Waals surface area contributed by atoms with Crippen molar-refractivity contribution in [1.29, 1.82) is 0 Å². The van der Waals surface area contributed by atoms with Gasteiger partial charge in [-0.25, -0.2) is 9.97 Å². The standard InChI is InChI=1S/C23H25N3O3/c1-23(11-17-5-6-19-21(10-17)29-16-28-19)7-3-8-26(15-23)14-18-12-24-22(25-13-18)20-4-2-9-27-20/h2,4-6,9-10,12-13H,3,7-8,11,14-16H2,1H3/t23-/m0/s1. The van der Waals surface area contributed by atoms with E-state index in [0.717, 1.165) is 43.1 Å². The second-order valence-electron chi connectivity index (χ2n) is 8.38. The van der Waals surface area contributed by atoms with E-state index in [4.69, 9.17) is 13.9 Å². The van der Waals surface area contributed by atoms with Gasteiger partial charge in [0.1, 0.15) is 0 Å². The van der Waals surface area contributed by atoms with Crippen LogP contribution in [0.25, 0.3) is 11.6 Å². The molecule has 3 aromatic rings. The van der Waals surface area contributed by atoms with Gasteiger partial charge in [0.15, 0.2) is 23.1 Å². The van der Waals surface area contributed by atoms with Crippen LogP contribution in [0.5, 0.6) is 11.5 Å². The molecule has 2 aromatic heterocycles. The van der Waals surface area contributed by atoms with E-state index in [0.29, 0.717) is 18.4 Å². The summed E-state index contributed by atoms with van der Waals surface area (Å²) < 4.78 is 16.3. The molecule has 1 saturated heterocycles. The molecule has 150 valence electrons. The third-order valence-corrected chi connectivity index (χ3v) is 5.78. The van der Waals surface area contributed by atoms with E-state index in [2.05, 4.69) is 33.9 Å². The number of fused-ring (bicyclic) bond motifs is 1.